The first-order chi connectivity index (χ1) is 15.4. The SMILES string of the molecule is CCOC(=O)c1c(NC(=O)N2CCN(Cc3ccc(OC)c(OC)c3)CC2)sc(C)c1C. The number of anilines is 1. The summed E-state index contributed by atoms with van der Waals surface area (Å²) in [5.41, 5.74) is 2.43. The third-order valence-corrected chi connectivity index (χ3v) is 6.72. The van der Waals surface area contributed by atoms with Crippen molar-refractivity contribution >= 4 is 28.3 Å². The second-order valence-electron chi connectivity index (χ2n) is 7.59. The van der Waals surface area contributed by atoms with E-state index in [0.717, 1.165) is 35.6 Å². The molecule has 174 valence electrons. The van der Waals surface area contributed by atoms with Gasteiger partial charge in [0, 0.05) is 37.6 Å². The van der Waals surface area contributed by atoms with Gasteiger partial charge in [0.25, 0.3) is 0 Å². The summed E-state index contributed by atoms with van der Waals surface area (Å²) in [7, 11) is 3.25. The molecule has 1 aromatic carbocycles. The number of nitrogens with one attached hydrogen (secondary N) is 1. The molecule has 0 spiro atoms. The Labute approximate surface area is 193 Å². The second-order valence-corrected chi connectivity index (χ2v) is 8.82. The first-order valence-electron chi connectivity index (χ1n) is 10.6. The van der Waals surface area contributed by atoms with Gasteiger partial charge in [-0.05, 0) is 44.0 Å². The van der Waals surface area contributed by atoms with Crippen molar-refractivity contribution in [3.05, 3.63) is 39.8 Å². The summed E-state index contributed by atoms with van der Waals surface area (Å²) in [5.74, 6) is 1.02. The maximum Gasteiger partial charge on any atom is 0.341 e. The van der Waals surface area contributed by atoms with Gasteiger partial charge in [0.15, 0.2) is 11.5 Å². The highest BCUT2D eigenvalue weighted by molar-refractivity contribution is 7.16. The van der Waals surface area contributed by atoms with Crippen LogP contribution >= 0.6 is 11.3 Å². The predicted molar refractivity (Wildman–Crippen MR) is 125 cm³/mol. The molecule has 1 aliphatic rings. The van der Waals surface area contributed by atoms with E-state index in [9.17, 15) is 9.59 Å². The Morgan fingerprint density at radius 1 is 1.06 bits per heavy atom. The van der Waals surface area contributed by atoms with E-state index in [0.29, 0.717) is 41.8 Å². The van der Waals surface area contributed by atoms with E-state index in [1.54, 1.807) is 26.0 Å². The van der Waals surface area contributed by atoms with Crippen molar-refractivity contribution in [2.24, 2.45) is 0 Å². The maximum absolute atomic E-state index is 12.9. The molecule has 2 heterocycles. The van der Waals surface area contributed by atoms with Crippen LogP contribution in [0.2, 0.25) is 0 Å². The predicted octanol–water partition coefficient (Wildman–Crippen LogP) is 3.91. The van der Waals surface area contributed by atoms with Gasteiger partial charge >= 0.3 is 12.0 Å². The lowest BCUT2D eigenvalue weighted by Gasteiger charge is -2.34. The number of rotatable bonds is 7. The lowest BCUT2D eigenvalue weighted by Crippen LogP contribution is -2.49. The van der Waals surface area contributed by atoms with Crippen molar-refractivity contribution in [1.82, 2.24) is 9.80 Å². The molecule has 0 unspecified atom stereocenters. The molecule has 0 atom stereocenters. The first-order valence-corrected chi connectivity index (χ1v) is 11.5. The minimum Gasteiger partial charge on any atom is -0.493 e. The van der Waals surface area contributed by atoms with Gasteiger partial charge in [-0.25, -0.2) is 9.59 Å². The molecule has 0 bridgehead atoms. The Kier molecular flexibility index (Phi) is 7.98. The standard InChI is InChI=1S/C23H31N3O5S/c1-6-31-22(27)20-15(2)16(3)32-21(20)24-23(28)26-11-9-25(10-12-26)14-17-7-8-18(29-4)19(13-17)30-5/h7-8,13H,6,9-12,14H2,1-5H3,(H,24,28). The van der Waals surface area contributed by atoms with Gasteiger partial charge in [0.05, 0.1) is 26.4 Å². The van der Waals surface area contributed by atoms with Crippen LogP contribution in [0.25, 0.3) is 0 Å². The van der Waals surface area contributed by atoms with E-state index < -0.39 is 5.97 Å². The van der Waals surface area contributed by atoms with E-state index in [4.69, 9.17) is 14.2 Å². The minimum atomic E-state index is -0.399. The van der Waals surface area contributed by atoms with Crippen LogP contribution in [0.5, 0.6) is 11.5 Å². The van der Waals surface area contributed by atoms with Crippen LogP contribution in [0.15, 0.2) is 18.2 Å². The molecular formula is C23H31N3O5S. The fraction of sp³-hybridized carbons (Fsp3) is 0.478. The van der Waals surface area contributed by atoms with Gasteiger partial charge in [-0.15, -0.1) is 11.3 Å². The summed E-state index contributed by atoms with van der Waals surface area (Å²) in [4.78, 5) is 30.3. The summed E-state index contributed by atoms with van der Waals surface area (Å²) >= 11 is 1.40. The van der Waals surface area contributed by atoms with Crippen molar-refractivity contribution in [2.45, 2.75) is 27.3 Å². The van der Waals surface area contributed by atoms with Crippen LogP contribution in [-0.2, 0) is 11.3 Å². The highest BCUT2D eigenvalue weighted by Gasteiger charge is 2.26. The van der Waals surface area contributed by atoms with Crippen molar-refractivity contribution in [3.63, 3.8) is 0 Å². The number of aryl methyl sites for hydroxylation is 1. The lowest BCUT2D eigenvalue weighted by molar-refractivity contribution is 0.0527. The van der Waals surface area contributed by atoms with E-state index in [2.05, 4.69) is 10.2 Å². The second kappa shape index (κ2) is 10.7. The molecule has 2 amide bonds. The Morgan fingerprint density at radius 3 is 2.38 bits per heavy atom. The number of hydrogen-bond acceptors (Lipinski definition) is 7. The smallest absolute Gasteiger partial charge is 0.341 e. The number of carbonyl (C=O) groups excluding carboxylic acids is 2. The third-order valence-electron chi connectivity index (χ3n) is 5.60. The largest absolute Gasteiger partial charge is 0.493 e. The normalized spacial score (nSPS) is 14.2. The Bertz CT molecular complexity index is 967. The molecule has 8 nitrogen and oxygen atoms in total. The van der Waals surface area contributed by atoms with Crippen molar-refractivity contribution in [2.75, 3.05) is 52.3 Å². The summed E-state index contributed by atoms with van der Waals surface area (Å²) in [5, 5.41) is 3.48. The number of piperazine rings is 1. The van der Waals surface area contributed by atoms with Gasteiger partial charge in [-0.3, -0.25) is 10.2 Å². The van der Waals surface area contributed by atoms with Gasteiger partial charge in [-0.2, -0.15) is 0 Å². The molecule has 3 rings (SSSR count). The Balaban J connectivity index is 1.58. The van der Waals surface area contributed by atoms with Crippen molar-refractivity contribution in [3.8, 4) is 11.5 Å². The number of benzene rings is 1. The minimum absolute atomic E-state index is 0.192. The average Bonchev–Trinajstić information content (AvgIpc) is 3.07. The molecule has 1 aromatic heterocycles. The first kappa shape index (κ1) is 23.9. The molecule has 1 saturated heterocycles. The number of thiophene rings is 1. The molecule has 1 N–H and O–H groups in total. The lowest BCUT2D eigenvalue weighted by atomic mass is 10.1. The van der Waals surface area contributed by atoms with Crippen LogP contribution < -0.4 is 14.8 Å². The van der Waals surface area contributed by atoms with Crippen molar-refractivity contribution < 1.29 is 23.8 Å². The third kappa shape index (κ3) is 5.34. The summed E-state index contributed by atoms with van der Waals surface area (Å²) in [6.07, 6.45) is 0. The van der Waals surface area contributed by atoms with Crippen LogP contribution in [0.1, 0.15) is 33.3 Å². The Hall–Kier alpha value is -2.78. The number of carbonyl (C=O) groups is 2. The highest BCUT2D eigenvalue weighted by Crippen LogP contribution is 2.33. The zero-order chi connectivity index (χ0) is 23.3. The van der Waals surface area contributed by atoms with Gasteiger partial charge in [0.1, 0.15) is 5.00 Å². The fourth-order valence-electron chi connectivity index (χ4n) is 3.69. The number of nitrogens with zero attached hydrogens (tertiary/aromatic N) is 2. The number of esters is 1. The summed E-state index contributed by atoms with van der Waals surface area (Å²) in [6, 6.07) is 5.72. The molecule has 2 aromatic rings. The van der Waals surface area contributed by atoms with Crippen LogP contribution in [0.3, 0.4) is 0 Å². The highest BCUT2D eigenvalue weighted by atomic mass is 32.1. The van der Waals surface area contributed by atoms with E-state index in [-0.39, 0.29) is 6.03 Å². The quantitative estimate of drug-likeness (QED) is 0.630. The van der Waals surface area contributed by atoms with Gasteiger partial charge < -0.3 is 19.1 Å². The molecule has 9 heteroatoms. The molecular weight excluding hydrogens is 430 g/mol. The fourth-order valence-corrected chi connectivity index (χ4v) is 4.72. The summed E-state index contributed by atoms with van der Waals surface area (Å²) in [6.45, 7) is 9.38. The molecule has 1 fully saturated rings. The average molecular weight is 462 g/mol. The topological polar surface area (TPSA) is 80.3 Å². The Morgan fingerprint density at radius 2 is 1.75 bits per heavy atom. The molecule has 32 heavy (non-hydrogen) atoms. The monoisotopic (exact) mass is 461 g/mol. The molecule has 0 radical (unpaired) electrons. The molecule has 0 saturated carbocycles. The zero-order valence-corrected chi connectivity index (χ0v) is 20.1. The van der Waals surface area contributed by atoms with Crippen LogP contribution in [0.4, 0.5) is 9.80 Å². The number of urea groups is 1. The van der Waals surface area contributed by atoms with E-state index >= 15 is 0 Å². The van der Waals surface area contributed by atoms with Crippen molar-refractivity contribution in [1.29, 1.82) is 0 Å². The maximum atomic E-state index is 12.9. The number of hydrogen-bond donors (Lipinski definition) is 1. The number of ether oxygens (including phenoxy) is 3. The summed E-state index contributed by atoms with van der Waals surface area (Å²) < 4.78 is 15.9. The van der Waals surface area contributed by atoms with E-state index in [1.807, 2.05) is 32.0 Å². The zero-order valence-electron chi connectivity index (χ0n) is 19.3. The van der Waals surface area contributed by atoms with Gasteiger partial charge in [-0.1, -0.05) is 6.07 Å². The van der Waals surface area contributed by atoms with E-state index in [1.165, 1.54) is 11.3 Å². The number of methoxy groups -OCH3 is 2. The molecule has 1 aliphatic heterocycles. The van der Waals surface area contributed by atoms with Crippen LogP contribution in [-0.4, -0.2) is 68.8 Å². The number of amides is 2. The van der Waals surface area contributed by atoms with Gasteiger partial charge in [0.2, 0.25) is 0 Å². The van der Waals surface area contributed by atoms with Crippen LogP contribution in [0, 0.1) is 13.8 Å². The molecule has 0 aliphatic carbocycles.